The van der Waals surface area contributed by atoms with E-state index in [-0.39, 0.29) is 0 Å². The summed E-state index contributed by atoms with van der Waals surface area (Å²) in [5, 5.41) is 3.74. The molecule has 3 atom stereocenters. The van der Waals surface area contributed by atoms with Gasteiger partial charge in [-0.05, 0) is 62.9 Å². The number of hydrogen-bond acceptors (Lipinski definition) is 2. The molecule has 0 radical (unpaired) electrons. The summed E-state index contributed by atoms with van der Waals surface area (Å²) < 4.78 is 6.99. The zero-order valence-electron chi connectivity index (χ0n) is 13.0. The van der Waals surface area contributed by atoms with Crippen molar-refractivity contribution in [3.8, 4) is 0 Å². The van der Waals surface area contributed by atoms with Crippen LogP contribution in [0.1, 0.15) is 49.4 Å². The van der Waals surface area contributed by atoms with Crippen LogP contribution in [0.5, 0.6) is 0 Å². The molecule has 1 N–H and O–H groups in total. The molecule has 112 valence electrons. The van der Waals surface area contributed by atoms with Crippen LogP contribution in [-0.4, -0.2) is 19.3 Å². The molecule has 1 aliphatic heterocycles. The van der Waals surface area contributed by atoms with E-state index >= 15 is 0 Å². The van der Waals surface area contributed by atoms with Gasteiger partial charge in [-0.25, -0.2) is 0 Å². The predicted octanol–water partition coefficient (Wildman–Crippen LogP) is 4.53. The minimum atomic E-state index is 0.391. The molecule has 3 unspecified atom stereocenters. The molecule has 1 fully saturated rings. The Morgan fingerprint density at radius 3 is 2.70 bits per heavy atom. The lowest BCUT2D eigenvalue weighted by Gasteiger charge is -2.26. The van der Waals surface area contributed by atoms with Crippen molar-refractivity contribution in [3.05, 3.63) is 33.3 Å². The van der Waals surface area contributed by atoms with E-state index in [1.165, 1.54) is 21.2 Å². The van der Waals surface area contributed by atoms with E-state index in [1.807, 2.05) is 0 Å². The SMILES string of the molecule is CCCNC(c1cc(C)c(Br)cc1C)C1COC(C)C1. The van der Waals surface area contributed by atoms with Gasteiger partial charge in [-0.15, -0.1) is 0 Å². The highest BCUT2D eigenvalue weighted by Crippen LogP contribution is 2.35. The van der Waals surface area contributed by atoms with Gasteiger partial charge < -0.3 is 10.1 Å². The largest absolute Gasteiger partial charge is 0.378 e. The molecule has 1 aromatic rings. The third-order valence-corrected chi connectivity index (χ3v) is 5.05. The first-order valence-corrected chi connectivity index (χ1v) is 8.43. The van der Waals surface area contributed by atoms with Gasteiger partial charge in [0.25, 0.3) is 0 Å². The van der Waals surface area contributed by atoms with Gasteiger partial charge in [0.1, 0.15) is 0 Å². The molecule has 1 aliphatic rings. The van der Waals surface area contributed by atoms with Gasteiger partial charge in [-0.1, -0.05) is 28.9 Å². The number of benzene rings is 1. The summed E-state index contributed by atoms with van der Waals surface area (Å²) in [5.74, 6) is 0.579. The summed E-state index contributed by atoms with van der Waals surface area (Å²) in [6.07, 6.45) is 2.70. The zero-order valence-corrected chi connectivity index (χ0v) is 14.6. The van der Waals surface area contributed by atoms with E-state index in [0.717, 1.165) is 26.0 Å². The maximum absolute atomic E-state index is 5.79. The van der Waals surface area contributed by atoms with Crippen LogP contribution in [0.25, 0.3) is 0 Å². The lowest BCUT2D eigenvalue weighted by Crippen LogP contribution is -2.30. The molecular formula is C17H26BrNO. The average molecular weight is 340 g/mol. The van der Waals surface area contributed by atoms with Crippen LogP contribution < -0.4 is 5.32 Å². The summed E-state index contributed by atoms with van der Waals surface area (Å²) in [7, 11) is 0. The molecule has 0 aliphatic carbocycles. The first-order valence-electron chi connectivity index (χ1n) is 7.64. The molecule has 20 heavy (non-hydrogen) atoms. The molecule has 1 saturated heterocycles. The molecule has 1 heterocycles. The van der Waals surface area contributed by atoms with E-state index in [1.54, 1.807) is 0 Å². The van der Waals surface area contributed by atoms with Gasteiger partial charge in [-0.3, -0.25) is 0 Å². The topological polar surface area (TPSA) is 21.3 Å². The molecular weight excluding hydrogens is 314 g/mol. The van der Waals surface area contributed by atoms with Crippen LogP contribution in [0.15, 0.2) is 16.6 Å². The summed E-state index contributed by atoms with van der Waals surface area (Å²) in [6.45, 7) is 10.7. The Bertz CT molecular complexity index is 461. The van der Waals surface area contributed by atoms with Crippen LogP contribution >= 0.6 is 15.9 Å². The predicted molar refractivity (Wildman–Crippen MR) is 88.2 cm³/mol. The molecule has 1 aromatic carbocycles. The van der Waals surface area contributed by atoms with Gasteiger partial charge in [0, 0.05) is 16.4 Å². The smallest absolute Gasteiger partial charge is 0.0551 e. The average Bonchev–Trinajstić information content (AvgIpc) is 2.82. The number of nitrogens with one attached hydrogen (secondary N) is 1. The summed E-state index contributed by atoms with van der Waals surface area (Å²) >= 11 is 3.63. The van der Waals surface area contributed by atoms with Crippen LogP contribution in [0, 0.1) is 19.8 Å². The number of aryl methyl sites for hydroxylation is 2. The van der Waals surface area contributed by atoms with Crippen LogP contribution in [0.4, 0.5) is 0 Å². The lowest BCUT2D eigenvalue weighted by molar-refractivity contribution is 0.117. The molecule has 0 aromatic heterocycles. The number of rotatable bonds is 5. The third-order valence-electron chi connectivity index (χ3n) is 4.20. The van der Waals surface area contributed by atoms with Crippen molar-refractivity contribution >= 4 is 15.9 Å². The van der Waals surface area contributed by atoms with Crippen molar-refractivity contribution < 1.29 is 4.74 Å². The maximum Gasteiger partial charge on any atom is 0.0551 e. The Kier molecular flexibility index (Phi) is 5.65. The van der Waals surface area contributed by atoms with Crippen molar-refractivity contribution in [2.75, 3.05) is 13.2 Å². The Balaban J connectivity index is 2.28. The van der Waals surface area contributed by atoms with E-state index in [9.17, 15) is 0 Å². The van der Waals surface area contributed by atoms with E-state index in [2.05, 4.69) is 61.1 Å². The number of ether oxygens (including phenoxy) is 1. The Morgan fingerprint density at radius 1 is 1.35 bits per heavy atom. The lowest BCUT2D eigenvalue weighted by atomic mass is 9.87. The highest BCUT2D eigenvalue weighted by Gasteiger charge is 2.31. The Labute approximate surface area is 131 Å². The Hall–Kier alpha value is -0.380. The fourth-order valence-electron chi connectivity index (χ4n) is 3.05. The summed E-state index contributed by atoms with van der Waals surface area (Å²) in [6, 6.07) is 4.98. The second kappa shape index (κ2) is 7.06. The summed E-state index contributed by atoms with van der Waals surface area (Å²) in [5.41, 5.74) is 4.10. The van der Waals surface area contributed by atoms with Gasteiger partial charge in [0.2, 0.25) is 0 Å². The second-order valence-electron chi connectivity index (χ2n) is 6.03. The molecule has 0 saturated carbocycles. The van der Waals surface area contributed by atoms with Crippen molar-refractivity contribution in [3.63, 3.8) is 0 Å². The van der Waals surface area contributed by atoms with Crippen LogP contribution in [0.2, 0.25) is 0 Å². The number of hydrogen-bond donors (Lipinski definition) is 1. The van der Waals surface area contributed by atoms with Gasteiger partial charge in [0.05, 0.1) is 12.7 Å². The minimum Gasteiger partial charge on any atom is -0.378 e. The van der Waals surface area contributed by atoms with Gasteiger partial charge in [0.15, 0.2) is 0 Å². The molecule has 2 nitrogen and oxygen atoms in total. The van der Waals surface area contributed by atoms with Crippen LogP contribution in [-0.2, 0) is 4.74 Å². The standard InChI is InChI=1S/C17H26BrNO/c1-5-6-19-17(14-9-13(4)20-10-14)15-7-12(3)16(18)8-11(15)2/h7-8,13-14,17,19H,5-6,9-10H2,1-4H3. The van der Waals surface area contributed by atoms with Crippen molar-refractivity contribution in [1.82, 2.24) is 5.32 Å². The highest BCUT2D eigenvalue weighted by molar-refractivity contribution is 9.10. The molecule has 3 heteroatoms. The highest BCUT2D eigenvalue weighted by atomic mass is 79.9. The van der Waals surface area contributed by atoms with Crippen LogP contribution in [0.3, 0.4) is 0 Å². The maximum atomic E-state index is 5.79. The Morgan fingerprint density at radius 2 is 2.10 bits per heavy atom. The first kappa shape index (κ1) is 16.0. The van der Waals surface area contributed by atoms with Crippen molar-refractivity contribution in [2.45, 2.75) is 52.7 Å². The quantitative estimate of drug-likeness (QED) is 0.850. The number of halogens is 1. The molecule has 0 amide bonds. The van der Waals surface area contributed by atoms with E-state index in [4.69, 9.17) is 4.74 Å². The summed E-state index contributed by atoms with van der Waals surface area (Å²) in [4.78, 5) is 0. The molecule has 2 rings (SSSR count). The third kappa shape index (κ3) is 3.63. The van der Waals surface area contributed by atoms with Gasteiger partial charge >= 0.3 is 0 Å². The first-order chi connectivity index (χ1) is 9.52. The normalized spacial score (nSPS) is 24.1. The zero-order chi connectivity index (χ0) is 14.7. The fraction of sp³-hybridized carbons (Fsp3) is 0.647. The van der Waals surface area contributed by atoms with Crippen molar-refractivity contribution in [2.24, 2.45) is 5.92 Å². The monoisotopic (exact) mass is 339 g/mol. The minimum absolute atomic E-state index is 0.391. The molecule has 0 spiro atoms. The van der Waals surface area contributed by atoms with Crippen molar-refractivity contribution in [1.29, 1.82) is 0 Å². The fourth-order valence-corrected chi connectivity index (χ4v) is 3.51. The van der Waals surface area contributed by atoms with E-state index < -0.39 is 0 Å². The second-order valence-corrected chi connectivity index (χ2v) is 6.88. The van der Waals surface area contributed by atoms with Gasteiger partial charge in [-0.2, -0.15) is 0 Å². The molecule has 0 bridgehead atoms. The van der Waals surface area contributed by atoms with E-state index in [0.29, 0.717) is 18.1 Å².